The molecule has 0 unspecified atom stereocenters. The molecule has 2 aliphatic heterocycles. The SMILES string of the molecule is CN(C)C(=O)c1cc2cnc(Nc3ccc(C(=O)N4C[C@H]5C[C@@H]4CN5)cn3)nc2n1C1CCCCCC1. The zero-order valence-corrected chi connectivity index (χ0v) is 21.5. The van der Waals surface area contributed by atoms with E-state index in [1.54, 1.807) is 43.5 Å². The van der Waals surface area contributed by atoms with Crippen LogP contribution in [-0.2, 0) is 0 Å². The van der Waals surface area contributed by atoms with Crippen LogP contribution in [0, 0.1) is 0 Å². The number of amides is 2. The van der Waals surface area contributed by atoms with Crippen molar-refractivity contribution in [1.29, 1.82) is 0 Å². The van der Waals surface area contributed by atoms with Crippen molar-refractivity contribution in [2.24, 2.45) is 0 Å². The van der Waals surface area contributed by atoms with Crippen molar-refractivity contribution in [3.8, 4) is 0 Å². The van der Waals surface area contributed by atoms with Crippen LogP contribution in [0.1, 0.15) is 71.8 Å². The number of carbonyl (C=O) groups is 2. The largest absolute Gasteiger partial charge is 0.343 e. The summed E-state index contributed by atoms with van der Waals surface area (Å²) < 4.78 is 2.13. The van der Waals surface area contributed by atoms with Crippen LogP contribution in [-0.4, -0.2) is 80.4 Å². The maximum absolute atomic E-state index is 13.1. The summed E-state index contributed by atoms with van der Waals surface area (Å²) in [6, 6.07) is 6.44. The van der Waals surface area contributed by atoms with E-state index in [2.05, 4.69) is 25.2 Å². The lowest BCUT2D eigenvalue weighted by molar-refractivity contribution is 0.0715. The molecule has 2 N–H and O–H groups in total. The van der Waals surface area contributed by atoms with Gasteiger partial charge < -0.3 is 25.0 Å². The van der Waals surface area contributed by atoms with E-state index >= 15 is 0 Å². The van der Waals surface area contributed by atoms with E-state index in [0.717, 1.165) is 56.2 Å². The molecular formula is C27H34N8O2. The van der Waals surface area contributed by atoms with E-state index in [1.807, 2.05) is 11.0 Å². The van der Waals surface area contributed by atoms with Gasteiger partial charge in [0.1, 0.15) is 17.2 Å². The van der Waals surface area contributed by atoms with Crippen molar-refractivity contribution in [2.45, 2.75) is 63.1 Å². The third kappa shape index (κ3) is 4.54. The van der Waals surface area contributed by atoms with E-state index in [-0.39, 0.29) is 23.9 Å². The highest BCUT2D eigenvalue weighted by Gasteiger charge is 2.40. The molecule has 194 valence electrons. The number of fused-ring (bicyclic) bond motifs is 3. The van der Waals surface area contributed by atoms with Gasteiger partial charge in [0, 0.05) is 63.1 Å². The molecule has 2 bridgehead atoms. The summed E-state index contributed by atoms with van der Waals surface area (Å²) >= 11 is 0. The van der Waals surface area contributed by atoms with Gasteiger partial charge in [0.25, 0.3) is 11.8 Å². The van der Waals surface area contributed by atoms with Gasteiger partial charge in [-0.2, -0.15) is 4.98 Å². The van der Waals surface area contributed by atoms with E-state index < -0.39 is 0 Å². The molecule has 0 radical (unpaired) electrons. The molecule has 10 nitrogen and oxygen atoms in total. The number of aromatic nitrogens is 4. The lowest BCUT2D eigenvalue weighted by atomic mass is 10.1. The first kappa shape index (κ1) is 23.8. The predicted molar refractivity (Wildman–Crippen MR) is 141 cm³/mol. The number of likely N-dealkylation sites (tertiary alicyclic amines) is 1. The second-order valence-electron chi connectivity index (χ2n) is 10.7. The molecule has 3 aromatic rings. The van der Waals surface area contributed by atoms with Crippen molar-refractivity contribution >= 4 is 34.6 Å². The maximum atomic E-state index is 13.1. The number of piperazine rings is 1. The normalized spacial score (nSPS) is 21.8. The van der Waals surface area contributed by atoms with E-state index in [1.165, 1.54) is 12.8 Å². The highest BCUT2D eigenvalue weighted by Crippen LogP contribution is 2.33. The fourth-order valence-electron chi connectivity index (χ4n) is 6.03. The third-order valence-electron chi connectivity index (χ3n) is 7.96. The lowest BCUT2D eigenvalue weighted by Crippen LogP contribution is -2.46. The van der Waals surface area contributed by atoms with Crippen molar-refractivity contribution in [2.75, 3.05) is 32.5 Å². The summed E-state index contributed by atoms with van der Waals surface area (Å²) in [5.74, 6) is 0.988. The predicted octanol–water partition coefficient (Wildman–Crippen LogP) is 3.35. The summed E-state index contributed by atoms with van der Waals surface area (Å²) in [5, 5.41) is 7.46. The van der Waals surface area contributed by atoms with Crippen LogP contribution in [0.4, 0.5) is 11.8 Å². The van der Waals surface area contributed by atoms with Gasteiger partial charge in [0.2, 0.25) is 5.95 Å². The minimum Gasteiger partial charge on any atom is -0.343 e. The topological polar surface area (TPSA) is 108 Å². The second-order valence-corrected chi connectivity index (χ2v) is 10.7. The van der Waals surface area contributed by atoms with Gasteiger partial charge in [0.15, 0.2) is 0 Å². The number of hydrogen-bond acceptors (Lipinski definition) is 7. The molecule has 3 aromatic heterocycles. The average molecular weight is 503 g/mol. The zero-order valence-electron chi connectivity index (χ0n) is 21.5. The fourth-order valence-corrected chi connectivity index (χ4v) is 6.03. The number of hydrogen-bond donors (Lipinski definition) is 2. The first-order valence-electron chi connectivity index (χ1n) is 13.3. The van der Waals surface area contributed by atoms with Crippen LogP contribution in [0.25, 0.3) is 11.0 Å². The van der Waals surface area contributed by atoms with Crippen LogP contribution in [0.15, 0.2) is 30.6 Å². The Kier molecular flexibility index (Phi) is 6.27. The number of rotatable bonds is 5. The molecule has 0 spiro atoms. The van der Waals surface area contributed by atoms with Crippen LogP contribution < -0.4 is 10.6 Å². The monoisotopic (exact) mass is 502 g/mol. The zero-order chi connectivity index (χ0) is 25.5. The number of anilines is 2. The maximum Gasteiger partial charge on any atom is 0.270 e. The summed E-state index contributed by atoms with van der Waals surface area (Å²) in [7, 11) is 3.56. The fraction of sp³-hybridized carbons (Fsp3) is 0.519. The van der Waals surface area contributed by atoms with Crippen molar-refractivity contribution < 1.29 is 9.59 Å². The van der Waals surface area contributed by atoms with Crippen LogP contribution >= 0.6 is 0 Å². The Hall–Kier alpha value is -3.53. The Morgan fingerprint density at radius 1 is 1.05 bits per heavy atom. The van der Waals surface area contributed by atoms with Gasteiger partial charge >= 0.3 is 0 Å². The Morgan fingerprint density at radius 2 is 1.86 bits per heavy atom. The van der Waals surface area contributed by atoms with Crippen LogP contribution in [0.5, 0.6) is 0 Å². The highest BCUT2D eigenvalue weighted by molar-refractivity contribution is 5.98. The van der Waals surface area contributed by atoms with Crippen molar-refractivity contribution in [1.82, 2.24) is 34.6 Å². The quantitative estimate of drug-likeness (QED) is 0.515. The molecule has 1 saturated carbocycles. The van der Waals surface area contributed by atoms with Gasteiger partial charge in [0.05, 0.1) is 5.56 Å². The Morgan fingerprint density at radius 3 is 2.51 bits per heavy atom. The molecule has 2 amide bonds. The molecule has 3 aliphatic rings. The summed E-state index contributed by atoms with van der Waals surface area (Å²) in [5.41, 5.74) is 2.01. The Balaban J connectivity index is 1.26. The number of pyridine rings is 1. The van der Waals surface area contributed by atoms with Crippen molar-refractivity contribution in [3.05, 3.63) is 41.9 Å². The molecule has 0 aromatic carbocycles. The summed E-state index contributed by atoms with van der Waals surface area (Å²) in [6.07, 6.45) is 11.3. The Labute approximate surface area is 216 Å². The van der Waals surface area contributed by atoms with Gasteiger partial charge in [-0.1, -0.05) is 25.7 Å². The smallest absolute Gasteiger partial charge is 0.270 e. The first-order chi connectivity index (χ1) is 18.0. The van der Waals surface area contributed by atoms with Crippen molar-refractivity contribution in [3.63, 3.8) is 0 Å². The molecule has 2 saturated heterocycles. The summed E-state index contributed by atoms with van der Waals surface area (Å²) in [4.78, 5) is 43.4. The Bertz CT molecular complexity index is 1310. The molecule has 6 rings (SSSR count). The number of carbonyl (C=O) groups excluding carboxylic acids is 2. The average Bonchev–Trinajstić information content (AvgIpc) is 3.58. The molecule has 10 heteroatoms. The minimum absolute atomic E-state index is 0.0271. The third-order valence-corrected chi connectivity index (χ3v) is 7.96. The van der Waals surface area contributed by atoms with Gasteiger partial charge in [-0.3, -0.25) is 9.59 Å². The van der Waals surface area contributed by atoms with E-state index in [4.69, 9.17) is 4.98 Å². The van der Waals surface area contributed by atoms with Gasteiger partial charge in [-0.05, 0) is 37.5 Å². The summed E-state index contributed by atoms with van der Waals surface area (Å²) in [6.45, 7) is 1.63. The molecule has 3 fully saturated rings. The highest BCUT2D eigenvalue weighted by atomic mass is 16.2. The number of nitrogens with one attached hydrogen (secondary N) is 2. The molecular weight excluding hydrogens is 468 g/mol. The molecule has 2 atom stereocenters. The first-order valence-corrected chi connectivity index (χ1v) is 13.3. The minimum atomic E-state index is -0.0271. The second kappa shape index (κ2) is 9.74. The standard InChI is InChI=1S/C27H34N8O2/c1-33(2)26(37)22-11-18-14-30-27(32-24(18)35(22)20-7-5-3-4-6-8-20)31-23-10-9-17(13-29-23)25(36)34-16-19-12-21(34)15-28-19/h9-11,13-14,19-21,28H,3-8,12,15-16H2,1-2H3,(H,29,30,31,32)/t19-,21-/m1/s1. The van der Waals surface area contributed by atoms with E-state index in [0.29, 0.717) is 29.1 Å². The molecule has 1 aliphatic carbocycles. The molecule has 5 heterocycles. The van der Waals surface area contributed by atoms with Crippen LogP contribution in [0.3, 0.4) is 0 Å². The lowest BCUT2D eigenvalue weighted by Gasteiger charge is -2.27. The van der Waals surface area contributed by atoms with Gasteiger partial charge in [-0.25, -0.2) is 9.97 Å². The van der Waals surface area contributed by atoms with Gasteiger partial charge in [-0.15, -0.1) is 0 Å². The van der Waals surface area contributed by atoms with Crippen LogP contribution in [0.2, 0.25) is 0 Å². The number of nitrogens with zero attached hydrogens (tertiary/aromatic N) is 6. The molecule has 37 heavy (non-hydrogen) atoms. The van der Waals surface area contributed by atoms with E-state index in [9.17, 15) is 9.59 Å².